The number of aryl methyl sites for hydroxylation is 1. The highest BCUT2D eigenvalue weighted by molar-refractivity contribution is 5.61. The number of hydrogen-bond acceptors (Lipinski definition) is 6. The Labute approximate surface area is 145 Å². The Balaban J connectivity index is 1.91. The Morgan fingerprint density at radius 3 is 2.60 bits per heavy atom. The molecular weight excluding hydrogens is 320 g/mol. The van der Waals surface area contributed by atoms with E-state index in [1.807, 2.05) is 31.2 Å². The summed E-state index contributed by atoms with van der Waals surface area (Å²) in [6.45, 7) is 2.12. The van der Waals surface area contributed by atoms with Crippen molar-refractivity contribution >= 4 is 0 Å². The fraction of sp³-hybridized carbons (Fsp3) is 0.211. The van der Waals surface area contributed by atoms with Crippen LogP contribution in [-0.2, 0) is 0 Å². The minimum absolute atomic E-state index is 0.104. The van der Waals surface area contributed by atoms with Crippen LogP contribution in [0.15, 0.2) is 41.8 Å². The van der Waals surface area contributed by atoms with Crippen LogP contribution in [0.5, 0.6) is 23.0 Å². The molecule has 25 heavy (non-hydrogen) atoms. The zero-order valence-electron chi connectivity index (χ0n) is 13.8. The van der Waals surface area contributed by atoms with Gasteiger partial charge in [-0.1, -0.05) is 12.1 Å². The largest absolute Gasteiger partial charge is 0.496 e. The van der Waals surface area contributed by atoms with Crippen molar-refractivity contribution in [2.45, 2.75) is 12.8 Å². The highest BCUT2D eigenvalue weighted by Crippen LogP contribution is 2.48. The van der Waals surface area contributed by atoms with Crippen molar-refractivity contribution in [2.75, 3.05) is 13.9 Å². The molecule has 2 N–H and O–H groups in total. The molecule has 0 radical (unpaired) electrons. The van der Waals surface area contributed by atoms with Gasteiger partial charge in [-0.25, -0.2) is 0 Å². The van der Waals surface area contributed by atoms with Gasteiger partial charge >= 0.3 is 0 Å². The number of nitrogens with zero attached hydrogens (tertiary/aromatic N) is 1. The van der Waals surface area contributed by atoms with Gasteiger partial charge in [0.25, 0.3) is 0 Å². The number of nitrogens with two attached hydrogens (primary N) is 1. The number of hydrogen-bond donors (Lipinski definition) is 1. The summed E-state index contributed by atoms with van der Waals surface area (Å²) < 4.78 is 21.9. The number of rotatable bonds is 2. The Kier molecular flexibility index (Phi) is 3.43. The van der Waals surface area contributed by atoms with E-state index in [0.717, 1.165) is 22.4 Å². The topological polar surface area (TPSA) is 86.7 Å². The van der Waals surface area contributed by atoms with E-state index in [4.69, 9.17) is 24.7 Å². The maximum Gasteiger partial charge on any atom is 0.231 e. The lowest BCUT2D eigenvalue weighted by Gasteiger charge is -2.27. The Morgan fingerprint density at radius 1 is 1.16 bits per heavy atom. The maximum absolute atomic E-state index is 9.63. The van der Waals surface area contributed by atoms with Crippen LogP contribution in [0.1, 0.15) is 22.6 Å². The molecule has 2 aliphatic rings. The number of fused-ring (bicyclic) bond motifs is 2. The van der Waals surface area contributed by atoms with Gasteiger partial charge < -0.3 is 24.7 Å². The van der Waals surface area contributed by atoms with Gasteiger partial charge in [-0.3, -0.25) is 0 Å². The number of nitriles is 1. The molecule has 0 saturated carbocycles. The predicted molar refractivity (Wildman–Crippen MR) is 89.6 cm³/mol. The normalized spacial score (nSPS) is 17.6. The summed E-state index contributed by atoms with van der Waals surface area (Å²) >= 11 is 0. The molecule has 0 aliphatic carbocycles. The SMILES string of the molecule is COc1ccc([C@@H]2C(C#N)=C(N)Oc3cc4c(cc32)OCO4)cc1C. The summed E-state index contributed by atoms with van der Waals surface area (Å²) in [4.78, 5) is 0. The van der Waals surface area contributed by atoms with Crippen molar-refractivity contribution in [1.29, 1.82) is 5.26 Å². The quantitative estimate of drug-likeness (QED) is 0.907. The van der Waals surface area contributed by atoms with Gasteiger partial charge in [-0.2, -0.15) is 5.26 Å². The summed E-state index contributed by atoms with van der Waals surface area (Å²) in [6, 6.07) is 11.6. The molecule has 0 fully saturated rings. The van der Waals surface area contributed by atoms with Crippen molar-refractivity contribution in [1.82, 2.24) is 0 Å². The highest BCUT2D eigenvalue weighted by Gasteiger charge is 2.33. The second kappa shape index (κ2) is 5.64. The molecule has 2 heterocycles. The first kappa shape index (κ1) is 15.2. The first-order valence-electron chi connectivity index (χ1n) is 7.78. The molecule has 0 saturated heterocycles. The fourth-order valence-corrected chi connectivity index (χ4v) is 3.27. The average molecular weight is 336 g/mol. The molecule has 6 heteroatoms. The van der Waals surface area contributed by atoms with Crippen LogP contribution in [0.25, 0.3) is 0 Å². The Hall–Kier alpha value is -3.33. The van der Waals surface area contributed by atoms with E-state index in [1.165, 1.54) is 0 Å². The summed E-state index contributed by atoms with van der Waals surface area (Å²) in [5.74, 6) is 2.36. The van der Waals surface area contributed by atoms with Crippen molar-refractivity contribution < 1.29 is 18.9 Å². The van der Waals surface area contributed by atoms with E-state index < -0.39 is 0 Å². The minimum Gasteiger partial charge on any atom is -0.496 e. The molecule has 0 aromatic heterocycles. The smallest absolute Gasteiger partial charge is 0.231 e. The van der Waals surface area contributed by atoms with Crippen molar-refractivity contribution in [2.24, 2.45) is 5.73 Å². The van der Waals surface area contributed by atoms with E-state index in [-0.39, 0.29) is 18.6 Å². The molecule has 2 aromatic carbocycles. The number of benzene rings is 2. The molecule has 0 amide bonds. The van der Waals surface area contributed by atoms with Crippen LogP contribution in [0.3, 0.4) is 0 Å². The van der Waals surface area contributed by atoms with Crippen LogP contribution < -0.4 is 24.7 Å². The lowest BCUT2D eigenvalue weighted by Crippen LogP contribution is -2.21. The molecule has 2 aromatic rings. The Morgan fingerprint density at radius 2 is 1.92 bits per heavy atom. The summed E-state index contributed by atoms with van der Waals surface area (Å²) in [5, 5.41) is 9.63. The van der Waals surface area contributed by atoms with Crippen molar-refractivity contribution in [3.05, 3.63) is 58.5 Å². The van der Waals surface area contributed by atoms with Gasteiger partial charge in [0.15, 0.2) is 11.5 Å². The standard InChI is InChI=1S/C19H16N2O4/c1-10-5-11(3-4-14(10)22-2)18-12-6-16-17(24-9-23-16)7-15(12)25-19(21)13(18)8-20/h3-7,18H,9,21H2,1-2H3/t18-/m0/s1. The third kappa shape index (κ3) is 2.32. The van der Waals surface area contributed by atoms with E-state index >= 15 is 0 Å². The zero-order valence-corrected chi connectivity index (χ0v) is 13.8. The minimum atomic E-state index is -0.340. The van der Waals surface area contributed by atoms with Crippen molar-refractivity contribution in [3.63, 3.8) is 0 Å². The predicted octanol–water partition coefficient (Wildman–Crippen LogP) is 2.95. The van der Waals surface area contributed by atoms with E-state index in [2.05, 4.69) is 6.07 Å². The van der Waals surface area contributed by atoms with Gasteiger partial charge in [0.1, 0.15) is 23.1 Å². The lowest BCUT2D eigenvalue weighted by atomic mass is 9.83. The monoisotopic (exact) mass is 336 g/mol. The molecule has 0 bridgehead atoms. The van der Waals surface area contributed by atoms with E-state index in [1.54, 1.807) is 13.2 Å². The molecule has 0 spiro atoms. The number of allylic oxidation sites excluding steroid dienone is 1. The molecular formula is C19H16N2O4. The van der Waals surface area contributed by atoms with Crippen LogP contribution in [-0.4, -0.2) is 13.9 Å². The van der Waals surface area contributed by atoms with Crippen LogP contribution in [0.4, 0.5) is 0 Å². The molecule has 126 valence electrons. The van der Waals surface area contributed by atoms with Gasteiger partial charge in [0.05, 0.1) is 13.0 Å². The molecule has 2 aliphatic heterocycles. The van der Waals surface area contributed by atoms with Crippen LogP contribution in [0.2, 0.25) is 0 Å². The third-order valence-corrected chi connectivity index (χ3v) is 4.46. The van der Waals surface area contributed by atoms with E-state index in [9.17, 15) is 5.26 Å². The maximum atomic E-state index is 9.63. The molecule has 0 unspecified atom stereocenters. The van der Waals surface area contributed by atoms with Gasteiger partial charge in [-0.15, -0.1) is 0 Å². The second-order valence-electron chi connectivity index (χ2n) is 5.90. The second-order valence-corrected chi connectivity index (χ2v) is 5.90. The van der Waals surface area contributed by atoms with Crippen LogP contribution >= 0.6 is 0 Å². The summed E-state index contributed by atoms with van der Waals surface area (Å²) in [7, 11) is 1.63. The average Bonchev–Trinajstić information content (AvgIpc) is 3.06. The third-order valence-electron chi connectivity index (χ3n) is 4.46. The highest BCUT2D eigenvalue weighted by atomic mass is 16.7. The zero-order chi connectivity index (χ0) is 17.6. The summed E-state index contributed by atoms with van der Waals surface area (Å²) in [5.41, 5.74) is 9.11. The fourth-order valence-electron chi connectivity index (χ4n) is 3.27. The van der Waals surface area contributed by atoms with Gasteiger partial charge in [-0.05, 0) is 30.2 Å². The van der Waals surface area contributed by atoms with Gasteiger partial charge in [0.2, 0.25) is 12.7 Å². The Bertz CT molecular complexity index is 943. The molecule has 6 nitrogen and oxygen atoms in total. The number of methoxy groups -OCH3 is 1. The van der Waals surface area contributed by atoms with Gasteiger partial charge in [0, 0.05) is 11.6 Å². The first-order chi connectivity index (χ1) is 12.1. The first-order valence-corrected chi connectivity index (χ1v) is 7.78. The summed E-state index contributed by atoms with van der Waals surface area (Å²) in [6.07, 6.45) is 0. The van der Waals surface area contributed by atoms with Crippen molar-refractivity contribution in [3.8, 4) is 29.1 Å². The molecule has 4 rings (SSSR count). The molecule has 1 atom stereocenters. The number of ether oxygens (including phenoxy) is 4. The van der Waals surface area contributed by atoms with E-state index in [0.29, 0.717) is 22.8 Å². The lowest BCUT2D eigenvalue weighted by molar-refractivity contribution is 0.174. The van der Waals surface area contributed by atoms with Crippen LogP contribution in [0, 0.1) is 18.3 Å².